The molecule has 4 aromatic rings. The van der Waals surface area contributed by atoms with Crippen LogP contribution in [0.3, 0.4) is 0 Å². The van der Waals surface area contributed by atoms with Gasteiger partial charge in [-0.2, -0.15) is 19.4 Å². The van der Waals surface area contributed by atoms with Gasteiger partial charge in [-0.05, 0) is 23.8 Å². The minimum atomic E-state index is -0.214. The van der Waals surface area contributed by atoms with E-state index in [0.29, 0.717) is 27.6 Å². The second-order valence-electron chi connectivity index (χ2n) is 6.97. The summed E-state index contributed by atoms with van der Waals surface area (Å²) >= 11 is 2.57. The lowest BCUT2D eigenvalue weighted by molar-refractivity contribution is -0.113. The minimum Gasteiger partial charge on any atom is -0.493 e. The summed E-state index contributed by atoms with van der Waals surface area (Å²) < 4.78 is 13.6. The van der Waals surface area contributed by atoms with E-state index in [1.54, 1.807) is 26.5 Å². The molecule has 33 heavy (non-hydrogen) atoms. The number of thioether (sulfide) groups is 1. The van der Waals surface area contributed by atoms with E-state index >= 15 is 0 Å². The van der Waals surface area contributed by atoms with Crippen molar-refractivity contribution in [2.75, 3.05) is 25.3 Å². The highest BCUT2D eigenvalue weighted by Gasteiger charge is 2.15. The van der Waals surface area contributed by atoms with Crippen LogP contribution >= 0.6 is 23.1 Å². The lowest BCUT2D eigenvalue weighted by Gasteiger charge is -2.07. The lowest BCUT2D eigenvalue weighted by atomic mass is 10.2. The summed E-state index contributed by atoms with van der Waals surface area (Å²) in [4.78, 5) is 12.3. The first-order chi connectivity index (χ1) is 16.0. The maximum atomic E-state index is 12.3. The van der Waals surface area contributed by atoms with E-state index in [2.05, 4.69) is 35.9 Å². The predicted molar refractivity (Wildman–Crippen MR) is 125 cm³/mol. The number of carbonyl (C=O) groups is 1. The molecule has 0 saturated heterocycles. The first-order valence-corrected chi connectivity index (χ1v) is 11.6. The average molecular weight is 488 g/mol. The van der Waals surface area contributed by atoms with Gasteiger partial charge in [0.2, 0.25) is 16.2 Å². The van der Waals surface area contributed by atoms with E-state index in [1.165, 1.54) is 38.6 Å². The SMILES string of the molecule is COc1ccc(/C=N\n2cnn3c(SCC(=O)Nc4nnc(C(C)C)s4)nnc23)cc1OC. The highest BCUT2D eigenvalue weighted by molar-refractivity contribution is 7.99. The van der Waals surface area contributed by atoms with Gasteiger partial charge in [-0.25, -0.2) is 0 Å². The van der Waals surface area contributed by atoms with E-state index in [0.717, 1.165) is 10.6 Å². The van der Waals surface area contributed by atoms with E-state index in [-0.39, 0.29) is 17.6 Å². The summed E-state index contributed by atoms with van der Waals surface area (Å²) in [5.41, 5.74) is 0.808. The number of amides is 1. The molecule has 1 N–H and O–H groups in total. The zero-order valence-corrected chi connectivity index (χ0v) is 19.9. The van der Waals surface area contributed by atoms with Gasteiger partial charge in [0.05, 0.1) is 26.2 Å². The number of methoxy groups -OCH3 is 2. The summed E-state index contributed by atoms with van der Waals surface area (Å²) in [5.74, 6) is 1.82. The fraction of sp³-hybridized carbons (Fsp3) is 0.316. The first-order valence-electron chi connectivity index (χ1n) is 9.79. The molecule has 3 heterocycles. The molecule has 0 saturated carbocycles. The summed E-state index contributed by atoms with van der Waals surface area (Å²) in [6.07, 6.45) is 3.16. The molecule has 0 radical (unpaired) electrons. The van der Waals surface area contributed by atoms with Crippen LogP contribution in [-0.2, 0) is 4.79 Å². The number of fused-ring (bicyclic) bond motifs is 1. The molecule has 0 atom stereocenters. The molecule has 0 unspecified atom stereocenters. The summed E-state index contributed by atoms with van der Waals surface area (Å²) in [7, 11) is 3.15. The molecule has 4 rings (SSSR count). The third kappa shape index (κ3) is 5.12. The molecular formula is C19H21N9O3S2. The molecule has 12 nitrogen and oxygen atoms in total. The van der Waals surface area contributed by atoms with Crippen LogP contribution < -0.4 is 14.8 Å². The molecule has 0 aliphatic rings. The highest BCUT2D eigenvalue weighted by Crippen LogP contribution is 2.27. The predicted octanol–water partition coefficient (Wildman–Crippen LogP) is 2.53. The third-order valence-corrected chi connectivity index (χ3v) is 6.39. The van der Waals surface area contributed by atoms with Crippen molar-refractivity contribution in [1.29, 1.82) is 0 Å². The van der Waals surface area contributed by atoms with Crippen molar-refractivity contribution in [2.24, 2.45) is 5.10 Å². The van der Waals surface area contributed by atoms with Crippen molar-refractivity contribution in [3.05, 3.63) is 35.1 Å². The van der Waals surface area contributed by atoms with Crippen molar-refractivity contribution in [3.8, 4) is 11.5 Å². The zero-order valence-electron chi connectivity index (χ0n) is 18.3. The normalized spacial score (nSPS) is 11.5. The number of benzene rings is 1. The number of anilines is 1. The molecule has 0 fully saturated rings. The molecule has 3 aromatic heterocycles. The van der Waals surface area contributed by atoms with Crippen molar-refractivity contribution in [2.45, 2.75) is 24.9 Å². The number of aromatic nitrogens is 7. The van der Waals surface area contributed by atoms with Gasteiger partial charge in [0.15, 0.2) is 11.5 Å². The standard InChI is InChI=1S/C19H21N9O3S2/c1-11(2)16-23-24-17(33-16)22-15(29)9-32-19-26-25-18-27(10-21-28(18)19)20-8-12-5-6-13(30-3)14(7-12)31-4/h5-8,10-11H,9H2,1-4H3,(H,22,24,29)/b20-8-. The Morgan fingerprint density at radius 3 is 2.76 bits per heavy atom. The Balaban J connectivity index is 1.41. The molecular weight excluding hydrogens is 466 g/mol. The van der Waals surface area contributed by atoms with Crippen LogP contribution in [0.2, 0.25) is 0 Å². The molecule has 1 amide bonds. The monoisotopic (exact) mass is 487 g/mol. The molecule has 14 heteroatoms. The Morgan fingerprint density at radius 2 is 2.03 bits per heavy atom. The van der Waals surface area contributed by atoms with Gasteiger partial charge in [-0.1, -0.05) is 36.9 Å². The van der Waals surface area contributed by atoms with Crippen LogP contribution in [0.1, 0.15) is 30.3 Å². The van der Waals surface area contributed by atoms with E-state index < -0.39 is 0 Å². The van der Waals surface area contributed by atoms with Crippen molar-refractivity contribution < 1.29 is 14.3 Å². The van der Waals surface area contributed by atoms with Crippen molar-refractivity contribution in [1.82, 2.24) is 34.7 Å². The van der Waals surface area contributed by atoms with Gasteiger partial charge in [0.25, 0.3) is 5.78 Å². The summed E-state index contributed by atoms with van der Waals surface area (Å²) in [6.45, 7) is 4.05. The molecule has 0 bridgehead atoms. The van der Waals surface area contributed by atoms with Gasteiger partial charge in [-0.3, -0.25) is 10.1 Å². The minimum absolute atomic E-state index is 0.124. The Morgan fingerprint density at radius 1 is 1.21 bits per heavy atom. The number of hydrogen-bond donors (Lipinski definition) is 1. The quantitative estimate of drug-likeness (QED) is 0.279. The maximum Gasteiger partial charge on any atom is 0.275 e. The Labute approximate surface area is 197 Å². The Hall–Kier alpha value is -3.52. The van der Waals surface area contributed by atoms with Gasteiger partial charge in [-0.15, -0.1) is 20.4 Å². The Kier molecular flexibility index (Phi) is 6.84. The third-order valence-electron chi connectivity index (χ3n) is 4.33. The highest BCUT2D eigenvalue weighted by atomic mass is 32.2. The second-order valence-corrected chi connectivity index (χ2v) is 8.92. The van der Waals surface area contributed by atoms with Crippen molar-refractivity contribution >= 4 is 46.1 Å². The summed E-state index contributed by atoms with van der Waals surface area (Å²) in [5, 5.41) is 29.5. The smallest absolute Gasteiger partial charge is 0.275 e. The first kappa shape index (κ1) is 22.7. The largest absolute Gasteiger partial charge is 0.493 e. The maximum absolute atomic E-state index is 12.3. The number of nitrogens with one attached hydrogen (secondary N) is 1. The Bertz CT molecular complexity index is 1290. The van der Waals surface area contributed by atoms with Crippen molar-refractivity contribution in [3.63, 3.8) is 0 Å². The van der Waals surface area contributed by atoms with Crippen LogP contribution in [0.5, 0.6) is 11.5 Å². The summed E-state index contributed by atoms with van der Waals surface area (Å²) in [6, 6.07) is 5.46. The molecule has 0 spiro atoms. The van der Waals surface area contributed by atoms with E-state index in [9.17, 15) is 4.79 Å². The van der Waals surface area contributed by atoms with Crippen LogP contribution in [-0.4, -0.2) is 66.8 Å². The molecule has 0 aliphatic heterocycles. The fourth-order valence-electron chi connectivity index (χ4n) is 2.69. The van der Waals surface area contributed by atoms with Crippen LogP contribution in [0.25, 0.3) is 5.78 Å². The fourth-order valence-corrected chi connectivity index (χ4v) is 4.14. The zero-order chi connectivity index (χ0) is 23.4. The average Bonchev–Trinajstić information content (AvgIpc) is 3.53. The number of ether oxygens (including phenoxy) is 2. The van der Waals surface area contributed by atoms with E-state index in [1.807, 2.05) is 26.0 Å². The van der Waals surface area contributed by atoms with Crippen LogP contribution in [0, 0.1) is 0 Å². The van der Waals surface area contributed by atoms with Crippen LogP contribution in [0.15, 0.2) is 34.8 Å². The lowest BCUT2D eigenvalue weighted by Crippen LogP contribution is -2.14. The molecule has 0 aliphatic carbocycles. The van der Waals surface area contributed by atoms with Gasteiger partial charge in [0.1, 0.15) is 11.3 Å². The van der Waals surface area contributed by atoms with Gasteiger partial charge >= 0.3 is 0 Å². The topological polar surface area (TPSA) is 134 Å². The molecule has 172 valence electrons. The second kappa shape index (κ2) is 9.95. The number of hydrogen-bond acceptors (Lipinski definition) is 11. The van der Waals surface area contributed by atoms with Gasteiger partial charge in [0, 0.05) is 5.92 Å². The molecule has 1 aromatic carbocycles. The number of rotatable bonds is 9. The number of carbonyl (C=O) groups excluding carboxylic acids is 1. The van der Waals surface area contributed by atoms with Crippen LogP contribution in [0.4, 0.5) is 5.13 Å². The van der Waals surface area contributed by atoms with E-state index in [4.69, 9.17) is 9.47 Å². The van der Waals surface area contributed by atoms with Gasteiger partial charge < -0.3 is 9.47 Å². The number of nitrogens with zero attached hydrogens (tertiary/aromatic N) is 8.